The van der Waals surface area contributed by atoms with Crippen molar-refractivity contribution in [1.82, 2.24) is 15.5 Å². The Morgan fingerprint density at radius 2 is 2.05 bits per heavy atom. The standard InChI is InChI=1S/C14H25N3O2/c1-5-14(2,18-4)13-16-12(19-17-13)10-6-8-11(15-3)9-7-10/h10-11,15H,5-9H2,1-4H3. The van der Waals surface area contributed by atoms with E-state index in [1.807, 2.05) is 14.0 Å². The van der Waals surface area contributed by atoms with Crippen molar-refractivity contribution < 1.29 is 9.26 Å². The molecule has 0 amide bonds. The maximum atomic E-state index is 5.51. The van der Waals surface area contributed by atoms with Gasteiger partial charge >= 0.3 is 0 Å². The third-order valence-electron chi connectivity index (χ3n) is 4.52. The van der Waals surface area contributed by atoms with Gasteiger partial charge in [-0.05, 0) is 46.1 Å². The summed E-state index contributed by atoms with van der Waals surface area (Å²) in [4.78, 5) is 4.58. The molecule has 0 radical (unpaired) electrons. The molecular formula is C14H25N3O2. The van der Waals surface area contributed by atoms with Gasteiger partial charge in [0.25, 0.3) is 0 Å². The summed E-state index contributed by atoms with van der Waals surface area (Å²) in [6.45, 7) is 4.07. The minimum absolute atomic E-state index is 0.406. The fraction of sp³-hybridized carbons (Fsp3) is 0.857. The number of hydrogen-bond donors (Lipinski definition) is 1. The second-order valence-corrected chi connectivity index (χ2v) is 5.58. The molecule has 0 spiro atoms. The van der Waals surface area contributed by atoms with E-state index < -0.39 is 5.60 Å². The third-order valence-corrected chi connectivity index (χ3v) is 4.52. The van der Waals surface area contributed by atoms with Crippen LogP contribution in [-0.4, -0.2) is 30.3 Å². The molecule has 2 rings (SSSR count). The van der Waals surface area contributed by atoms with E-state index in [1.54, 1.807) is 7.11 Å². The van der Waals surface area contributed by atoms with Crippen molar-refractivity contribution in [1.29, 1.82) is 0 Å². The highest BCUT2D eigenvalue weighted by molar-refractivity contribution is 5.03. The second kappa shape index (κ2) is 6.01. The van der Waals surface area contributed by atoms with Crippen LogP contribution in [0.2, 0.25) is 0 Å². The van der Waals surface area contributed by atoms with Gasteiger partial charge in [0.2, 0.25) is 11.7 Å². The summed E-state index contributed by atoms with van der Waals surface area (Å²) in [7, 11) is 3.72. The van der Waals surface area contributed by atoms with Gasteiger partial charge in [0.05, 0.1) is 0 Å². The number of rotatable bonds is 5. The molecule has 19 heavy (non-hydrogen) atoms. The number of nitrogens with zero attached hydrogens (tertiary/aromatic N) is 2. The molecule has 108 valence electrons. The lowest BCUT2D eigenvalue weighted by molar-refractivity contribution is -0.0106. The van der Waals surface area contributed by atoms with Gasteiger partial charge in [-0.3, -0.25) is 0 Å². The molecule has 1 aromatic rings. The van der Waals surface area contributed by atoms with E-state index >= 15 is 0 Å². The molecule has 0 bridgehead atoms. The molecule has 0 aliphatic heterocycles. The van der Waals surface area contributed by atoms with Crippen molar-refractivity contribution in [3.63, 3.8) is 0 Å². The molecule has 1 unspecified atom stereocenters. The molecule has 0 saturated heterocycles. The van der Waals surface area contributed by atoms with Gasteiger partial charge in [0.15, 0.2) is 0 Å². The van der Waals surface area contributed by atoms with Gasteiger partial charge in [-0.15, -0.1) is 0 Å². The lowest BCUT2D eigenvalue weighted by Gasteiger charge is -2.26. The summed E-state index contributed by atoms with van der Waals surface area (Å²) < 4.78 is 11.0. The second-order valence-electron chi connectivity index (χ2n) is 5.58. The number of hydrogen-bond acceptors (Lipinski definition) is 5. The Labute approximate surface area is 115 Å². The number of nitrogens with one attached hydrogen (secondary N) is 1. The average Bonchev–Trinajstić information content (AvgIpc) is 2.97. The van der Waals surface area contributed by atoms with Crippen molar-refractivity contribution in [2.45, 2.75) is 63.5 Å². The predicted octanol–water partition coefficient (Wildman–Crippen LogP) is 2.59. The Hall–Kier alpha value is -0.940. The van der Waals surface area contributed by atoms with Crippen LogP contribution >= 0.6 is 0 Å². The maximum absolute atomic E-state index is 5.51. The summed E-state index contributed by atoms with van der Waals surface area (Å²) in [6.07, 6.45) is 5.41. The van der Waals surface area contributed by atoms with Crippen LogP contribution < -0.4 is 5.32 Å². The van der Waals surface area contributed by atoms with Gasteiger partial charge in [-0.1, -0.05) is 12.1 Å². The molecule has 1 atom stereocenters. The van der Waals surface area contributed by atoms with Crippen molar-refractivity contribution in [3.8, 4) is 0 Å². The Morgan fingerprint density at radius 3 is 2.58 bits per heavy atom. The van der Waals surface area contributed by atoms with Crippen LogP contribution in [0.15, 0.2) is 4.52 Å². The predicted molar refractivity (Wildman–Crippen MR) is 73.0 cm³/mol. The molecule has 1 fully saturated rings. The molecule has 1 aromatic heterocycles. The Bertz CT molecular complexity index is 393. The van der Waals surface area contributed by atoms with Gasteiger partial charge in [-0.25, -0.2) is 0 Å². The fourth-order valence-corrected chi connectivity index (χ4v) is 2.64. The van der Waals surface area contributed by atoms with Crippen LogP contribution in [0.25, 0.3) is 0 Å². The van der Waals surface area contributed by atoms with Crippen LogP contribution in [0.4, 0.5) is 0 Å². The largest absolute Gasteiger partial charge is 0.370 e. The summed E-state index contributed by atoms with van der Waals surface area (Å²) in [5.41, 5.74) is -0.441. The molecule has 1 aliphatic rings. The Morgan fingerprint density at radius 1 is 1.37 bits per heavy atom. The first kappa shape index (κ1) is 14.5. The summed E-state index contributed by atoms with van der Waals surface area (Å²) >= 11 is 0. The molecule has 1 N–H and O–H groups in total. The van der Waals surface area contributed by atoms with E-state index in [9.17, 15) is 0 Å². The Balaban J connectivity index is 2.05. The van der Waals surface area contributed by atoms with Gasteiger partial charge in [-0.2, -0.15) is 4.98 Å². The van der Waals surface area contributed by atoms with Crippen molar-refractivity contribution in [2.75, 3.05) is 14.2 Å². The zero-order chi connectivity index (χ0) is 13.9. The molecular weight excluding hydrogens is 242 g/mol. The summed E-state index contributed by atoms with van der Waals surface area (Å²) in [5, 5.41) is 7.45. The normalized spacial score (nSPS) is 27.2. The summed E-state index contributed by atoms with van der Waals surface area (Å²) in [5.74, 6) is 1.85. The number of aromatic nitrogens is 2. The van der Waals surface area contributed by atoms with Crippen molar-refractivity contribution in [3.05, 3.63) is 11.7 Å². The molecule has 1 heterocycles. The van der Waals surface area contributed by atoms with E-state index in [0.29, 0.717) is 17.8 Å². The quantitative estimate of drug-likeness (QED) is 0.888. The fourth-order valence-electron chi connectivity index (χ4n) is 2.64. The lowest BCUT2D eigenvalue weighted by Crippen LogP contribution is -2.29. The highest BCUT2D eigenvalue weighted by Gasteiger charge is 2.32. The van der Waals surface area contributed by atoms with Gasteiger partial charge < -0.3 is 14.6 Å². The molecule has 0 aromatic carbocycles. The van der Waals surface area contributed by atoms with Crippen LogP contribution in [0, 0.1) is 0 Å². The highest BCUT2D eigenvalue weighted by atomic mass is 16.5. The van der Waals surface area contributed by atoms with Crippen LogP contribution in [-0.2, 0) is 10.3 Å². The average molecular weight is 267 g/mol. The van der Waals surface area contributed by atoms with Crippen LogP contribution in [0.5, 0.6) is 0 Å². The number of methoxy groups -OCH3 is 1. The van der Waals surface area contributed by atoms with Gasteiger partial charge in [0, 0.05) is 19.1 Å². The first-order valence-electron chi connectivity index (χ1n) is 7.19. The van der Waals surface area contributed by atoms with Crippen molar-refractivity contribution >= 4 is 0 Å². The van der Waals surface area contributed by atoms with Crippen LogP contribution in [0.1, 0.15) is 63.6 Å². The number of ether oxygens (including phenoxy) is 1. The van der Waals surface area contributed by atoms with Crippen LogP contribution in [0.3, 0.4) is 0 Å². The van der Waals surface area contributed by atoms with E-state index in [4.69, 9.17) is 9.26 Å². The lowest BCUT2D eigenvalue weighted by atomic mass is 9.86. The van der Waals surface area contributed by atoms with Gasteiger partial charge in [0.1, 0.15) is 5.60 Å². The van der Waals surface area contributed by atoms with E-state index in [-0.39, 0.29) is 0 Å². The summed E-state index contributed by atoms with van der Waals surface area (Å²) in [6, 6.07) is 0.638. The SMILES string of the molecule is CCC(C)(OC)c1noc(C2CCC(NC)CC2)n1. The molecule has 5 nitrogen and oxygen atoms in total. The zero-order valence-electron chi connectivity index (χ0n) is 12.4. The van der Waals surface area contributed by atoms with E-state index in [2.05, 4.69) is 22.4 Å². The molecule has 1 aliphatic carbocycles. The monoisotopic (exact) mass is 267 g/mol. The first-order valence-corrected chi connectivity index (χ1v) is 7.19. The topological polar surface area (TPSA) is 60.2 Å². The zero-order valence-corrected chi connectivity index (χ0v) is 12.4. The van der Waals surface area contributed by atoms with Crippen molar-refractivity contribution in [2.24, 2.45) is 0 Å². The minimum Gasteiger partial charge on any atom is -0.370 e. The smallest absolute Gasteiger partial charge is 0.229 e. The van der Waals surface area contributed by atoms with E-state index in [1.165, 1.54) is 12.8 Å². The molecule has 5 heteroatoms. The molecule has 1 saturated carbocycles. The van der Waals surface area contributed by atoms with E-state index in [0.717, 1.165) is 25.2 Å². The minimum atomic E-state index is -0.441. The first-order chi connectivity index (χ1) is 9.12. The highest BCUT2D eigenvalue weighted by Crippen LogP contribution is 2.33. The maximum Gasteiger partial charge on any atom is 0.229 e. The Kier molecular flexibility index (Phi) is 4.58. The third kappa shape index (κ3) is 2.98.